The van der Waals surface area contributed by atoms with E-state index in [2.05, 4.69) is 42.6 Å². The summed E-state index contributed by atoms with van der Waals surface area (Å²) >= 11 is 1.92. The molecule has 0 radical (unpaired) electrons. The molecule has 0 bridgehead atoms. The van der Waals surface area contributed by atoms with Crippen molar-refractivity contribution in [2.75, 3.05) is 25.5 Å². The fourth-order valence-electron chi connectivity index (χ4n) is 2.35. The van der Waals surface area contributed by atoms with Crippen LogP contribution in [0, 0.1) is 5.92 Å². The van der Waals surface area contributed by atoms with Crippen LogP contribution in [-0.2, 0) is 4.74 Å². The van der Waals surface area contributed by atoms with Crippen molar-refractivity contribution in [1.29, 1.82) is 0 Å². The molecule has 0 saturated carbocycles. The van der Waals surface area contributed by atoms with E-state index in [4.69, 9.17) is 4.74 Å². The minimum Gasteiger partial charge on any atom is -0.381 e. The van der Waals surface area contributed by atoms with Crippen LogP contribution < -0.4 is 5.32 Å². The van der Waals surface area contributed by atoms with Crippen LogP contribution in [0.3, 0.4) is 0 Å². The number of thioether (sulfide) groups is 1. The second-order valence-corrected chi connectivity index (χ2v) is 6.02. The topological polar surface area (TPSA) is 21.3 Å². The minimum absolute atomic E-state index is 0.616. The predicted molar refractivity (Wildman–Crippen MR) is 78.2 cm³/mol. The van der Waals surface area contributed by atoms with Crippen molar-refractivity contribution in [2.24, 2.45) is 5.92 Å². The van der Waals surface area contributed by atoms with Crippen LogP contribution >= 0.6 is 11.8 Å². The largest absolute Gasteiger partial charge is 0.381 e. The minimum atomic E-state index is 0.616. The highest BCUT2D eigenvalue weighted by molar-refractivity contribution is 7.99. The maximum absolute atomic E-state index is 5.40. The molecule has 1 aliphatic rings. The van der Waals surface area contributed by atoms with Crippen molar-refractivity contribution in [1.82, 2.24) is 5.32 Å². The van der Waals surface area contributed by atoms with Gasteiger partial charge in [-0.15, -0.1) is 11.8 Å². The molecule has 1 fully saturated rings. The third-order valence-electron chi connectivity index (χ3n) is 3.55. The zero-order valence-corrected chi connectivity index (χ0v) is 11.9. The van der Waals surface area contributed by atoms with Gasteiger partial charge in [0, 0.05) is 36.4 Å². The van der Waals surface area contributed by atoms with Gasteiger partial charge in [0.15, 0.2) is 0 Å². The number of hydrogen-bond acceptors (Lipinski definition) is 3. The van der Waals surface area contributed by atoms with E-state index in [9.17, 15) is 0 Å². The van der Waals surface area contributed by atoms with E-state index in [1.807, 2.05) is 11.8 Å². The molecule has 1 aromatic rings. The Bertz CT molecular complexity index is 325. The average molecular weight is 265 g/mol. The molecular weight excluding hydrogens is 242 g/mol. The molecule has 0 aliphatic carbocycles. The molecular formula is C15H23NOS. The smallest absolute Gasteiger partial charge is 0.0469 e. The average Bonchev–Trinajstić information content (AvgIpc) is 2.45. The second-order valence-electron chi connectivity index (χ2n) is 4.85. The van der Waals surface area contributed by atoms with E-state index in [1.165, 1.54) is 17.7 Å². The van der Waals surface area contributed by atoms with Crippen LogP contribution in [0.25, 0.3) is 0 Å². The Hall–Kier alpha value is -0.510. The summed E-state index contributed by atoms with van der Waals surface area (Å²) in [5, 5.41) is 3.65. The summed E-state index contributed by atoms with van der Waals surface area (Å²) in [6, 6.07) is 11.2. The summed E-state index contributed by atoms with van der Waals surface area (Å²) in [6.45, 7) is 5.27. The molecule has 1 unspecified atom stereocenters. The summed E-state index contributed by atoms with van der Waals surface area (Å²) in [6.07, 6.45) is 2.42. The van der Waals surface area contributed by atoms with Crippen molar-refractivity contribution in [3.63, 3.8) is 0 Å². The van der Waals surface area contributed by atoms with Gasteiger partial charge >= 0.3 is 0 Å². The molecule has 1 aromatic carbocycles. The quantitative estimate of drug-likeness (QED) is 0.630. The Morgan fingerprint density at radius 3 is 2.72 bits per heavy atom. The molecule has 100 valence electrons. The zero-order valence-electron chi connectivity index (χ0n) is 11.1. The number of rotatable bonds is 6. The molecule has 2 rings (SSSR count). The van der Waals surface area contributed by atoms with Crippen LogP contribution in [0.4, 0.5) is 0 Å². The van der Waals surface area contributed by atoms with Gasteiger partial charge in [-0.2, -0.15) is 0 Å². The first-order valence-electron chi connectivity index (χ1n) is 6.85. The van der Waals surface area contributed by atoms with E-state index in [1.54, 1.807) is 0 Å². The fraction of sp³-hybridized carbons (Fsp3) is 0.600. The van der Waals surface area contributed by atoms with Gasteiger partial charge in [-0.25, -0.2) is 0 Å². The Morgan fingerprint density at radius 2 is 2.00 bits per heavy atom. The molecule has 1 heterocycles. The standard InChI is InChI=1S/C15H23NOS/c1-13(14-7-10-17-11-8-14)16-9-12-18-15-5-3-2-4-6-15/h2-6,13-14,16H,7-12H2,1H3. The normalized spacial score (nSPS) is 18.7. The van der Waals surface area contributed by atoms with Gasteiger partial charge in [-0.3, -0.25) is 0 Å². The summed E-state index contributed by atoms with van der Waals surface area (Å²) in [5.41, 5.74) is 0. The molecule has 1 saturated heterocycles. The highest BCUT2D eigenvalue weighted by atomic mass is 32.2. The monoisotopic (exact) mass is 265 g/mol. The summed E-state index contributed by atoms with van der Waals surface area (Å²) in [7, 11) is 0. The lowest BCUT2D eigenvalue weighted by atomic mass is 9.93. The van der Waals surface area contributed by atoms with E-state index in [0.717, 1.165) is 31.4 Å². The van der Waals surface area contributed by atoms with Gasteiger partial charge in [0.05, 0.1) is 0 Å². The van der Waals surface area contributed by atoms with Gasteiger partial charge in [0.1, 0.15) is 0 Å². The number of benzene rings is 1. The SMILES string of the molecule is CC(NCCSc1ccccc1)C1CCOCC1. The molecule has 0 amide bonds. The van der Waals surface area contributed by atoms with Crippen molar-refractivity contribution in [3.8, 4) is 0 Å². The van der Waals surface area contributed by atoms with Crippen LogP contribution in [0.15, 0.2) is 35.2 Å². The first-order chi connectivity index (χ1) is 8.86. The maximum Gasteiger partial charge on any atom is 0.0469 e. The Labute approximate surface area is 114 Å². The summed E-state index contributed by atoms with van der Waals surface area (Å²) < 4.78 is 5.40. The van der Waals surface area contributed by atoms with Crippen molar-refractivity contribution in [2.45, 2.75) is 30.7 Å². The van der Waals surface area contributed by atoms with E-state index in [0.29, 0.717) is 6.04 Å². The first kappa shape index (κ1) is 13.9. The first-order valence-corrected chi connectivity index (χ1v) is 7.84. The number of hydrogen-bond donors (Lipinski definition) is 1. The fourth-order valence-corrected chi connectivity index (χ4v) is 3.16. The van der Waals surface area contributed by atoms with Gasteiger partial charge in [-0.05, 0) is 37.8 Å². The molecule has 2 nitrogen and oxygen atoms in total. The van der Waals surface area contributed by atoms with Crippen molar-refractivity contribution in [3.05, 3.63) is 30.3 Å². The van der Waals surface area contributed by atoms with Crippen LogP contribution in [-0.4, -0.2) is 31.6 Å². The number of nitrogens with one attached hydrogen (secondary N) is 1. The molecule has 0 aromatic heterocycles. The number of ether oxygens (including phenoxy) is 1. The third-order valence-corrected chi connectivity index (χ3v) is 4.57. The highest BCUT2D eigenvalue weighted by Gasteiger charge is 2.19. The summed E-state index contributed by atoms with van der Waals surface area (Å²) in [5.74, 6) is 1.93. The van der Waals surface area contributed by atoms with E-state index in [-0.39, 0.29) is 0 Å². The second kappa shape index (κ2) is 7.82. The van der Waals surface area contributed by atoms with E-state index >= 15 is 0 Å². The summed E-state index contributed by atoms with van der Waals surface area (Å²) in [4.78, 5) is 1.36. The molecule has 18 heavy (non-hydrogen) atoms. The van der Waals surface area contributed by atoms with Crippen LogP contribution in [0.1, 0.15) is 19.8 Å². The molecule has 1 N–H and O–H groups in total. The van der Waals surface area contributed by atoms with E-state index < -0.39 is 0 Å². The van der Waals surface area contributed by atoms with Gasteiger partial charge in [-0.1, -0.05) is 18.2 Å². The van der Waals surface area contributed by atoms with Crippen LogP contribution in [0.2, 0.25) is 0 Å². The third kappa shape index (κ3) is 4.63. The maximum atomic E-state index is 5.40. The molecule has 1 atom stereocenters. The molecule has 3 heteroatoms. The van der Waals surface area contributed by atoms with Gasteiger partial charge in [0.25, 0.3) is 0 Å². The lowest BCUT2D eigenvalue weighted by Crippen LogP contribution is -2.37. The Kier molecular flexibility index (Phi) is 6.05. The molecule has 0 spiro atoms. The van der Waals surface area contributed by atoms with Crippen molar-refractivity contribution < 1.29 is 4.74 Å². The van der Waals surface area contributed by atoms with Gasteiger partial charge in [0.2, 0.25) is 0 Å². The predicted octanol–water partition coefficient (Wildman–Crippen LogP) is 3.18. The van der Waals surface area contributed by atoms with Gasteiger partial charge < -0.3 is 10.1 Å². The van der Waals surface area contributed by atoms with Crippen molar-refractivity contribution >= 4 is 11.8 Å². The lowest BCUT2D eigenvalue weighted by molar-refractivity contribution is 0.0563. The Balaban J connectivity index is 1.60. The highest BCUT2D eigenvalue weighted by Crippen LogP contribution is 2.19. The van der Waals surface area contributed by atoms with Crippen LogP contribution in [0.5, 0.6) is 0 Å². The molecule has 1 aliphatic heterocycles. The Morgan fingerprint density at radius 1 is 1.28 bits per heavy atom. The lowest BCUT2D eigenvalue weighted by Gasteiger charge is -2.28. The zero-order chi connectivity index (χ0) is 12.6.